The molecule has 6 heteroatoms. The van der Waals surface area contributed by atoms with E-state index in [1.807, 2.05) is 0 Å². The zero-order valence-electron chi connectivity index (χ0n) is 9.19. The fraction of sp³-hybridized carbons (Fsp3) is 0.364. The summed E-state index contributed by atoms with van der Waals surface area (Å²) in [6.07, 6.45) is 0. The standard InChI is InChI=1S/C11H10F3IO2/c1-5(2)4-17-11(16)6-3-7(15)9(13)10(14)8(6)12/h3,5H,4H2,1-2H3. The zero-order chi connectivity index (χ0) is 13.2. The summed E-state index contributed by atoms with van der Waals surface area (Å²) >= 11 is 1.48. The van der Waals surface area contributed by atoms with Gasteiger partial charge in [0.1, 0.15) is 0 Å². The molecular formula is C11H10F3IO2. The van der Waals surface area contributed by atoms with Crippen LogP contribution in [0.25, 0.3) is 0 Å². The second kappa shape index (κ2) is 5.70. The molecule has 0 aliphatic rings. The molecule has 1 aromatic rings. The van der Waals surface area contributed by atoms with Crippen molar-refractivity contribution < 1.29 is 22.7 Å². The van der Waals surface area contributed by atoms with Crippen LogP contribution in [0, 0.1) is 26.9 Å². The molecule has 0 N–H and O–H groups in total. The highest BCUT2D eigenvalue weighted by molar-refractivity contribution is 14.1. The Bertz CT molecular complexity index is 447. The molecule has 0 aliphatic heterocycles. The summed E-state index contributed by atoms with van der Waals surface area (Å²) in [4.78, 5) is 11.4. The Balaban J connectivity index is 3.02. The SMILES string of the molecule is CC(C)COC(=O)c1cc(I)c(F)c(F)c1F. The van der Waals surface area contributed by atoms with Crippen LogP contribution in [0.4, 0.5) is 13.2 Å². The molecule has 0 unspecified atom stereocenters. The van der Waals surface area contributed by atoms with Crippen molar-refractivity contribution in [3.05, 3.63) is 32.7 Å². The van der Waals surface area contributed by atoms with Gasteiger partial charge < -0.3 is 4.74 Å². The number of hydrogen-bond acceptors (Lipinski definition) is 2. The van der Waals surface area contributed by atoms with Gasteiger partial charge in [-0.1, -0.05) is 13.8 Å². The molecule has 1 aromatic carbocycles. The molecule has 94 valence electrons. The molecule has 0 bridgehead atoms. The van der Waals surface area contributed by atoms with Gasteiger partial charge in [-0.3, -0.25) is 0 Å². The molecule has 17 heavy (non-hydrogen) atoms. The van der Waals surface area contributed by atoms with Gasteiger partial charge >= 0.3 is 5.97 Å². The first kappa shape index (κ1) is 14.3. The van der Waals surface area contributed by atoms with Gasteiger partial charge in [-0.2, -0.15) is 0 Å². The predicted octanol–water partition coefficient (Wildman–Crippen LogP) is 3.52. The Morgan fingerprint density at radius 1 is 1.29 bits per heavy atom. The van der Waals surface area contributed by atoms with Crippen LogP contribution in [0.3, 0.4) is 0 Å². The summed E-state index contributed by atoms with van der Waals surface area (Å²) in [6, 6.07) is 0.928. The monoisotopic (exact) mass is 358 g/mol. The van der Waals surface area contributed by atoms with Crippen LogP contribution in [-0.4, -0.2) is 12.6 Å². The van der Waals surface area contributed by atoms with E-state index in [0.29, 0.717) is 0 Å². The van der Waals surface area contributed by atoms with E-state index < -0.39 is 29.0 Å². The minimum atomic E-state index is -1.66. The summed E-state index contributed by atoms with van der Waals surface area (Å²) in [7, 11) is 0. The van der Waals surface area contributed by atoms with Gasteiger partial charge in [0.15, 0.2) is 17.5 Å². The Hall–Kier alpha value is -0.790. The Morgan fingerprint density at radius 2 is 1.88 bits per heavy atom. The van der Waals surface area contributed by atoms with Crippen LogP contribution in [0.1, 0.15) is 24.2 Å². The lowest BCUT2D eigenvalue weighted by atomic mass is 10.2. The number of carbonyl (C=O) groups is 1. The maximum atomic E-state index is 13.3. The van der Waals surface area contributed by atoms with Crippen molar-refractivity contribution in [1.82, 2.24) is 0 Å². The second-order valence-electron chi connectivity index (χ2n) is 3.84. The summed E-state index contributed by atoms with van der Waals surface area (Å²) in [6.45, 7) is 3.70. The van der Waals surface area contributed by atoms with Crippen LogP contribution in [0.15, 0.2) is 6.07 Å². The second-order valence-corrected chi connectivity index (χ2v) is 5.00. The number of ether oxygens (including phenoxy) is 1. The van der Waals surface area contributed by atoms with Crippen LogP contribution >= 0.6 is 22.6 Å². The number of carbonyl (C=O) groups excluding carboxylic acids is 1. The van der Waals surface area contributed by atoms with Gasteiger partial charge in [-0.15, -0.1) is 0 Å². The average Bonchev–Trinajstić information content (AvgIpc) is 2.28. The Labute approximate surface area is 110 Å². The van der Waals surface area contributed by atoms with E-state index in [9.17, 15) is 18.0 Å². The highest BCUT2D eigenvalue weighted by atomic mass is 127. The largest absolute Gasteiger partial charge is 0.462 e. The minimum absolute atomic E-state index is 0.0754. The highest BCUT2D eigenvalue weighted by Crippen LogP contribution is 2.21. The number of rotatable bonds is 3. The van der Waals surface area contributed by atoms with E-state index in [-0.39, 0.29) is 16.1 Å². The summed E-state index contributed by atoms with van der Waals surface area (Å²) < 4.78 is 43.9. The summed E-state index contributed by atoms with van der Waals surface area (Å²) in [5.41, 5.74) is -0.589. The Morgan fingerprint density at radius 3 is 2.41 bits per heavy atom. The minimum Gasteiger partial charge on any atom is -0.462 e. The lowest BCUT2D eigenvalue weighted by Crippen LogP contribution is -2.14. The molecule has 0 fully saturated rings. The van der Waals surface area contributed by atoms with Gasteiger partial charge in [0.25, 0.3) is 0 Å². The average molecular weight is 358 g/mol. The van der Waals surface area contributed by atoms with Crippen molar-refractivity contribution in [3.8, 4) is 0 Å². The van der Waals surface area contributed by atoms with E-state index in [1.165, 1.54) is 22.6 Å². The van der Waals surface area contributed by atoms with Gasteiger partial charge in [0, 0.05) is 0 Å². The molecule has 0 heterocycles. The lowest BCUT2D eigenvalue weighted by Gasteiger charge is -2.09. The molecule has 1 rings (SSSR count). The number of esters is 1. The van der Waals surface area contributed by atoms with Crippen LogP contribution in [0.2, 0.25) is 0 Å². The molecule has 0 radical (unpaired) electrons. The summed E-state index contributed by atoms with van der Waals surface area (Å²) in [5, 5.41) is 0. The first-order chi connectivity index (χ1) is 7.84. The van der Waals surface area contributed by atoms with E-state index in [1.54, 1.807) is 13.8 Å². The van der Waals surface area contributed by atoms with E-state index in [0.717, 1.165) is 6.07 Å². The Kier molecular flexibility index (Phi) is 4.79. The van der Waals surface area contributed by atoms with E-state index in [4.69, 9.17) is 4.74 Å². The van der Waals surface area contributed by atoms with Gasteiger partial charge in [-0.25, -0.2) is 18.0 Å². The smallest absolute Gasteiger partial charge is 0.341 e. The van der Waals surface area contributed by atoms with Gasteiger partial charge in [0.05, 0.1) is 15.7 Å². The third kappa shape index (κ3) is 3.34. The molecule has 0 spiro atoms. The van der Waals surface area contributed by atoms with Crippen molar-refractivity contribution in [2.24, 2.45) is 5.92 Å². The van der Waals surface area contributed by atoms with E-state index >= 15 is 0 Å². The van der Waals surface area contributed by atoms with Crippen LogP contribution in [-0.2, 0) is 4.74 Å². The first-order valence-corrected chi connectivity index (χ1v) is 5.92. The van der Waals surface area contributed by atoms with Crippen molar-refractivity contribution in [1.29, 1.82) is 0 Å². The molecule has 0 aromatic heterocycles. The maximum Gasteiger partial charge on any atom is 0.341 e. The third-order valence-electron chi connectivity index (χ3n) is 1.87. The normalized spacial score (nSPS) is 10.8. The summed E-state index contributed by atoms with van der Waals surface area (Å²) in [5.74, 6) is -5.40. The van der Waals surface area contributed by atoms with Gasteiger partial charge in [-0.05, 0) is 34.6 Å². The van der Waals surface area contributed by atoms with Crippen molar-refractivity contribution in [3.63, 3.8) is 0 Å². The fourth-order valence-electron chi connectivity index (χ4n) is 1.04. The highest BCUT2D eigenvalue weighted by Gasteiger charge is 2.22. The molecule has 0 amide bonds. The van der Waals surface area contributed by atoms with Crippen LogP contribution < -0.4 is 0 Å². The molecule has 0 atom stereocenters. The first-order valence-electron chi connectivity index (χ1n) is 4.84. The van der Waals surface area contributed by atoms with Crippen molar-refractivity contribution in [2.75, 3.05) is 6.61 Å². The van der Waals surface area contributed by atoms with E-state index in [2.05, 4.69) is 0 Å². The number of hydrogen-bond donors (Lipinski definition) is 0. The lowest BCUT2D eigenvalue weighted by molar-refractivity contribution is 0.0452. The quantitative estimate of drug-likeness (QED) is 0.358. The third-order valence-corrected chi connectivity index (χ3v) is 2.66. The topological polar surface area (TPSA) is 26.3 Å². The molecule has 0 saturated carbocycles. The van der Waals surface area contributed by atoms with Gasteiger partial charge in [0.2, 0.25) is 0 Å². The van der Waals surface area contributed by atoms with Crippen molar-refractivity contribution in [2.45, 2.75) is 13.8 Å². The zero-order valence-corrected chi connectivity index (χ0v) is 11.3. The van der Waals surface area contributed by atoms with Crippen LogP contribution in [0.5, 0.6) is 0 Å². The molecular weight excluding hydrogens is 348 g/mol. The molecule has 0 aliphatic carbocycles. The molecule has 0 saturated heterocycles. The van der Waals surface area contributed by atoms with Crippen molar-refractivity contribution >= 4 is 28.6 Å². The maximum absolute atomic E-state index is 13.3. The fourth-order valence-corrected chi connectivity index (χ4v) is 1.59. The number of halogens is 4. The number of benzene rings is 1. The predicted molar refractivity (Wildman–Crippen MR) is 64.2 cm³/mol. The molecule has 2 nitrogen and oxygen atoms in total.